The normalized spacial score (nSPS) is 18.3. The lowest BCUT2D eigenvalue weighted by Crippen LogP contribution is -2.55. The average Bonchev–Trinajstić information content (AvgIpc) is 3.39. The van der Waals surface area contributed by atoms with E-state index in [2.05, 4.69) is 99.1 Å². The van der Waals surface area contributed by atoms with Crippen LogP contribution in [0.1, 0.15) is 127 Å². The number of carbonyl (C=O) groups is 1. The quantitative estimate of drug-likeness (QED) is 0.0801. The van der Waals surface area contributed by atoms with Crippen LogP contribution >= 0.6 is 36.2 Å². The van der Waals surface area contributed by atoms with Gasteiger partial charge in [-0.25, -0.2) is 4.79 Å². The Hall–Kier alpha value is -1.64. The maximum absolute atomic E-state index is 14.4. The number of carbonyl (C=O) groups excluding carboxylic acids is 1. The van der Waals surface area contributed by atoms with Crippen LogP contribution in [0.4, 0.5) is 0 Å². The minimum atomic E-state index is -0.552. The topological polar surface area (TPSA) is 47.6 Å². The lowest BCUT2D eigenvalue weighted by atomic mass is 9.83. The highest BCUT2D eigenvalue weighted by Gasteiger charge is 2.40. The van der Waals surface area contributed by atoms with E-state index in [1.165, 1.54) is 47.9 Å². The van der Waals surface area contributed by atoms with Gasteiger partial charge in [0.15, 0.2) is 0 Å². The number of rotatable bonds is 20. The van der Waals surface area contributed by atoms with E-state index in [4.69, 9.17) is 22.1 Å². The zero-order chi connectivity index (χ0) is 36.2. The number of ether oxygens (including phenoxy) is 2. The number of aryl methyl sites for hydroxylation is 1. The van der Waals surface area contributed by atoms with Crippen LogP contribution < -0.4 is 5.32 Å². The van der Waals surface area contributed by atoms with E-state index >= 15 is 0 Å². The van der Waals surface area contributed by atoms with Gasteiger partial charge in [-0.15, -0.1) is 11.8 Å². The molecule has 7 heteroatoms. The van der Waals surface area contributed by atoms with Crippen LogP contribution in [-0.2, 0) is 14.3 Å². The number of thiol groups is 1. The summed E-state index contributed by atoms with van der Waals surface area (Å²) in [6, 6.07) is 18.6. The molecule has 4 rings (SSSR count). The Morgan fingerprint density at radius 1 is 1.06 bits per heavy atom. The van der Waals surface area contributed by atoms with Crippen LogP contribution in [0.5, 0.6) is 0 Å². The fraction of sp³-hybridized carbons (Fsp3) is 0.605. The van der Waals surface area contributed by atoms with E-state index in [1.54, 1.807) is 0 Å². The Morgan fingerprint density at radius 3 is 2.46 bits per heavy atom. The van der Waals surface area contributed by atoms with Gasteiger partial charge in [0.25, 0.3) is 0 Å². The monoisotopic (exact) mass is 739 g/mol. The third-order valence-electron chi connectivity index (χ3n) is 9.91. The molecule has 1 saturated carbocycles. The minimum absolute atomic E-state index is 0.124. The first-order valence-corrected chi connectivity index (χ1v) is 22.2. The molecule has 0 bridgehead atoms. The highest BCUT2D eigenvalue weighted by molar-refractivity contribution is 8.00. The molecule has 0 aliphatic heterocycles. The lowest BCUT2D eigenvalue weighted by Gasteiger charge is -2.41. The summed E-state index contributed by atoms with van der Waals surface area (Å²) in [5.74, 6) is 3.05. The molecule has 4 unspecified atom stereocenters. The molecule has 278 valence electrons. The van der Waals surface area contributed by atoms with Crippen LogP contribution in [-0.4, -0.2) is 47.4 Å². The zero-order valence-corrected chi connectivity index (χ0v) is 34.3. The van der Waals surface area contributed by atoms with Crippen LogP contribution in [0.2, 0.25) is 0 Å². The van der Waals surface area contributed by atoms with Gasteiger partial charge in [-0.3, -0.25) is 5.32 Å². The lowest BCUT2D eigenvalue weighted by molar-refractivity contribution is -0.142. The van der Waals surface area contributed by atoms with Crippen molar-refractivity contribution in [2.75, 3.05) is 24.4 Å². The molecular formula is C43H65NO3S3. The van der Waals surface area contributed by atoms with Crippen molar-refractivity contribution in [1.29, 1.82) is 0 Å². The predicted molar refractivity (Wildman–Crippen MR) is 223 cm³/mol. The molecule has 2 aliphatic carbocycles. The molecule has 1 fully saturated rings. The molecule has 4 atom stereocenters. The summed E-state index contributed by atoms with van der Waals surface area (Å²) in [6.07, 6.45) is 19.1. The maximum Gasteiger partial charge on any atom is 0.328 e. The standard InChI is InChI=1S/C41H59NO3S3.C2H6/c1-5-16-34(36-24-14-13-17-31(36)2)29-37(39(43)45-35-22-11-6-7-12-23-35)42-40(48-38(30-46)33-20-9-8-10-21-33)41(3,26-28-47-4)44-27-25-32-18-15-19-32;1-2/h8-10,13-14,16-17,20-22,24,32,37-38,40,42,46H,5-7,11-12,15,18-19,23,25-30H2,1-4H3;1-2H3/b34-16-;. The van der Waals surface area contributed by atoms with Gasteiger partial charge in [-0.1, -0.05) is 107 Å². The molecule has 0 aromatic heterocycles. The smallest absolute Gasteiger partial charge is 0.328 e. The van der Waals surface area contributed by atoms with Crippen molar-refractivity contribution in [3.8, 4) is 0 Å². The average molecular weight is 740 g/mol. The van der Waals surface area contributed by atoms with Crippen molar-refractivity contribution in [1.82, 2.24) is 5.32 Å². The van der Waals surface area contributed by atoms with Crippen LogP contribution in [0, 0.1) is 12.8 Å². The molecule has 50 heavy (non-hydrogen) atoms. The molecule has 0 radical (unpaired) electrons. The first kappa shape index (κ1) is 42.8. The summed E-state index contributed by atoms with van der Waals surface area (Å²) in [7, 11) is 0. The number of benzene rings is 2. The number of thioether (sulfide) groups is 2. The molecule has 1 N–H and O–H groups in total. The van der Waals surface area contributed by atoms with Gasteiger partial charge < -0.3 is 9.47 Å². The van der Waals surface area contributed by atoms with Gasteiger partial charge in [0.2, 0.25) is 0 Å². The second-order valence-corrected chi connectivity index (χ2v) is 16.3. The molecule has 0 saturated heterocycles. The summed E-state index contributed by atoms with van der Waals surface area (Å²) in [4.78, 5) is 14.4. The van der Waals surface area contributed by atoms with Crippen molar-refractivity contribution in [3.63, 3.8) is 0 Å². The van der Waals surface area contributed by atoms with Gasteiger partial charge in [-0.05, 0) is 105 Å². The Labute approximate surface area is 319 Å². The van der Waals surface area contributed by atoms with E-state index < -0.39 is 11.6 Å². The van der Waals surface area contributed by atoms with E-state index in [1.807, 2.05) is 37.4 Å². The number of hydrogen-bond donors (Lipinski definition) is 2. The summed E-state index contributed by atoms with van der Waals surface area (Å²) < 4.78 is 13.3. The van der Waals surface area contributed by atoms with Gasteiger partial charge >= 0.3 is 5.97 Å². The first-order valence-electron chi connectivity index (χ1n) is 19.2. The highest BCUT2D eigenvalue weighted by atomic mass is 32.2. The summed E-state index contributed by atoms with van der Waals surface area (Å²) in [5.41, 5.74) is 4.31. The van der Waals surface area contributed by atoms with Gasteiger partial charge in [0, 0.05) is 24.0 Å². The maximum atomic E-state index is 14.4. The molecule has 0 heterocycles. The SMILES string of the molecule is CC.CC/C=C(/CC(NC(SC(CS)c1ccccc1)C(C)(CCSC)OCCC1CCC1)C(=O)OC1=CCCCCC1)c1ccccc1C. The van der Waals surface area contributed by atoms with Crippen LogP contribution in [0.25, 0.3) is 5.57 Å². The fourth-order valence-electron chi connectivity index (χ4n) is 6.62. The van der Waals surface area contributed by atoms with Crippen molar-refractivity contribution in [2.45, 2.75) is 134 Å². The van der Waals surface area contributed by atoms with Crippen molar-refractivity contribution >= 4 is 47.7 Å². The molecule has 2 aliphatic rings. The number of nitrogens with one attached hydrogen (secondary N) is 1. The van der Waals surface area contributed by atoms with E-state index in [9.17, 15) is 4.79 Å². The van der Waals surface area contributed by atoms with E-state index in [-0.39, 0.29) is 16.6 Å². The van der Waals surface area contributed by atoms with E-state index in [0.717, 1.165) is 69.0 Å². The summed E-state index contributed by atoms with van der Waals surface area (Å²) in [5, 5.41) is 3.89. The van der Waals surface area contributed by atoms with Crippen molar-refractivity contribution in [3.05, 3.63) is 89.2 Å². The number of hydrogen-bond acceptors (Lipinski definition) is 7. The molecular weight excluding hydrogens is 675 g/mol. The highest BCUT2D eigenvalue weighted by Crippen LogP contribution is 2.41. The largest absolute Gasteiger partial charge is 0.430 e. The second kappa shape index (κ2) is 23.8. The fourth-order valence-corrected chi connectivity index (χ4v) is 9.14. The summed E-state index contributed by atoms with van der Waals surface area (Å²) >= 11 is 8.55. The minimum Gasteiger partial charge on any atom is -0.430 e. The van der Waals surface area contributed by atoms with Crippen molar-refractivity contribution in [2.24, 2.45) is 5.92 Å². The Morgan fingerprint density at radius 2 is 1.80 bits per heavy atom. The molecule has 2 aromatic rings. The van der Waals surface area contributed by atoms with E-state index in [0.29, 0.717) is 12.2 Å². The second-order valence-electron chi connectivity index (χ2n) is 13.7. The zero-order valence-electron chi connectivity index (χ0n) is 31.8. The Kier molecular flexibility index (Phi) is 20.4. The van der Waals surface area contributed by atoms with Gasteiger partial charge in [-0.2, -0.15) is 24.4 Å². The Balaban J connectivity index is 0.00000332. The third kappa shape index (κ3) is 13.7. The Bertz CT molecular complexity index is 1310. The van der Waals surface area contributed by atoms with Crippen LogP contribution in [0.3, 0.4) is 0 Å². The third-order valence-corrected chi connectivity index (χ3v) is 12.8. The van der Waals surface area contributed by atoms with Gasteiger partial charge in [0.1, 0.15) is 11.8 Å². The summed E-state index contributed by atoms with van der Waals surface area (Å²) in [6.45, 7) is 11.3. The molecule has 0 amide bonds. The first-order chi connectivity index (χ1) is 24.4. The van der Waals surface area contributed by atoms with Crippen LogP contribution in [0.15, 0.2) is 72.5 Å². The number of allylic oxidation sites excluding steroid dienone is 3. The van der Waals surface area contributed by atoms with Crippen molar-refractivity contribution < 1.29 is 14.3 Å². The molecule has 0 spiro atoms. The number of esters is 1. The van der Waals surface area contributed by atoms with Gasteiger partial charge in [0.05, 0.1) is 11.0 Å². The molecule has 4 nitrogen and oxygen atoms in total. The molecule has 2 aromatic carbocycles. The predicted octanol–water partition coefficient (Wildman–Crippen LogP) is 12.0.